The van der Waals surface area contributed by atoms with Crippen molar-refractivity contribution in [3.63, 3.8) is 0 Å². The second-order valence-corrected chi connectivity index (χ2v) is 5.15. The van der Waals surface area contributed by atoms with Gasteiger partial charge in [0.2, 0.25) is 0 Å². The van der Waals surface area contributed by atoms with Gasteiger partial charge in [-0.2, -0.15) is 11.8 Å². The molecule has 3 nitrogen and oxygen atoms in total. The van der Waals surface area contributed by atoms with Crippen molar-refractivity contribution in [3.05, 3.63) is 35.7 Å². The van der Waals surface area contributed by atoms with Crippen LogP contribution >= 0.6 is 11.8 Å². The lowest BCUT2D eigenvalue weighted by molar-refractivity contribution is -0.131. The summed E-state index contributed by atoms with van der Waals surface area (Å²) >= 11 is 1.83. The zero-order valence-electron chi connectivity index (χ0n) is 10.8. The molecule has 104 valence electrons. The van der Waals surface area contributed by atoms with Gasteiger partial charge in [-0.25, -0.2) is 9.18 Å². The third kappa shape index (κ3) is 6.29. The van der Waals surface area contributed by atoms with Crippen molar-refractivity contribution in [2.24, 2.45) is 0 Å². The number of thioether (sulfide) groups is 1. The third-order valence-corrected chi connectivity index (χ3v) is 3.26. The van der Waals surface area contributed by atoms with Crippen LogP contribution in [0.4, 0.5) is 4.39 Å². The highest BCUT2D eigenvalue weighted by Gasteiger charge is 2.03. The van der Waals surface area contributed by atoms with Crippen molar-refractivity contribution < 1.29 is 19.0 Å². The minimum atomic E-state index is -1.07. The molecule has 0 aliphatic heterocycles. The number of hydrogen-bond donors (Lipinski definition) is 1. The van der Waals surface area contributed by atoms with Gasteiger partial charge in [0.05, 0.1) is 6.61 Å². The molecular weight excluding hydrogens is 267 g/mol. The highest BCUT2D eigenvalue weighted by atomic mass is 32.2. The third-order valence-electron chi connectivity index (χ3n) is 2.27. The molecule has 0 saturated carbocycles. The summed E-state index contributed by atoms with van der Waals surface area (Å²) < 4.78 is 18.7. The second kappa shape index (κ2) is 8.58. The molecule has 0 bridgehead atoms. The van der Waals surface area contributed by atoms with Crippen LogP contribution < -0.4 is 4.74 Å². The normalized spacial score (nSPS) is 10.8. The first kappa shape index (κ1) is 15.6. The van der Waals surface area contributed by atoms with Crippen molar-refractivity contribution in [2.75, 3.05) is 18.1 Å². The lowest BCUT2D eigenvalue weighted by Gasteiger charge is -2.09. The molecule has 0 atom stereocenters. The van der Waals surface area contributed by atoms with Gasteiger partial charge in [-0.05, 0) is 42.2 Å². The molecule has 0 aliphatic rings. The van der Waals surface area contributed by atoms with Crippen molar-refractivity contribution in [3.8, 4) is 5.75 Å². The molecule has 1 aromatic carbocycles. The summed E-state index contributed by atoms with van der Waals surface area (Å²) in [5.74, 6) is 1.09. The number of halogens is 1. The molecule has 0 spiro atoms. The van der Waals surface area contributed by atoms with Crippen molar-refractivity contribution in [1.29, 1.82) is 0 Å². The first-order chi connectivity index (χ1) is 9.13. The van der Waals surface area contributed by atoms with Crippen LogP contribution in [-0.4, -0.2) is 29.2 Å². The van der Waals surface area contributed by atoms with Crippen molar-refractivity contribution >= 4 is 23.8 Å². The Morgan fingerprint density at radius 3 is 3.00 bits per heavy atom. The van der Waals surface area contributed by atoms with Gasteiger partial charge >= 0.3 is 5.97 Å². The Hall–Kier alpha value is -1.49. The molecule has 5 heteroatoms. The number of carbonyl (C=O) groups is 1. The van der Waals surface area contributed by atoms with Crippen LogP contribution in [0.3, 0.4) is 0 Å². The standard InChI is InChI=1S/C14H17FO3S/c1-2-19-9-3-8-18-13-6-5-12(15)10-11(13)4-7-14(16)17/h4-7,10H,2-3,8-9H2,1H3,(H,16,17)/b7-4+. The van der Waals surface area contributed by atoms with E-state index in [0.29, 0.717) is 17.9 Å². The summed E-state index contributed by atoms with van der Waals surface area (Å²) in [5.41, 5.74) is 0.436. The smallest absolute Gasteiger partial charge is 0.328 e. The van der Waals surface area contributed by atoms with Gasteiger partial charge in [0.15, 0.2) is 0 Å². The van der Waals surface area contributed by atoms with Gasteiger partial charge in [0.1, 0.15) is 11.6 Å². The van der Waals surface area contributed by atoms with Crippen LogP contribution in [0.25, 0.3) is 6.08 Å². The van der Waals surface area contributed by atoms with Crippen LogP contribution in [0.2, 0.25) is 0 Å². The summed E-state index contributed by atoms with van der Waals surface area (Å²) in [4.78, 5) is 10.5. The quantitative estimate of drug-likeness (QED) is 0.586. The van der Waals surface area contributed by atoms with Crippen LogP contribution in [0.1, 0.15) is 18.9 Å². The Bertz CT molecular complexity index is 446. The highest BCUT2D eigenvalue weighted by molar-refractivity contribution is 7.99. The summed E-state index contributed by atoms with van der Waals surface area (Å²) in [6.45, 7) is 2.63. The number of rotatable bonds is 8. The van der Waals surface area contributed by atoms with E-state index in [1.807, 2.05) is 11.8 Å². The molecule has 0 amide bonds. The zero-order valence-corrected chi connectivity index (χ0v) is 11.6. The Balaban J connectivity index is 2.63. The topological polar surface area (TPSA) is 46.5 Å². The monoisotopic (exact) mass is 284 g/mol. The predicted octanol–water partition coefficient (Wildman–Crippen LogP) is 3.45. The van der Waals surface area contributed by atoms with Gasteiger partial charge in [-0.3, -0.25) is 0 Å². The summed E-state index contributed by atoms with van der Waals surface area (Å²) in [5, 5.41) is 8.58. The zero-order chi connectivity index (χ0) is 14.1. The summed E-state index contributed by atoms with van der Waals surface area (Å²) in [7, 11) is 0. The average molecular weight is 284 g/mol. The number of benzene rings is 1. The fraction of sp³-hybridized carbons (Fsp3) is 0.357. The van der Waals surface area contributed by atoms with Gasteiger partial charge < -0.3 is 9.84 Å². The van der Waals surface area contributed by atoms with E-state index in [1.165, 1.54) is 24.3 Å². The van der Waals surface area contributed by atoms with Crippen LogP contribution in [0, 0.1) is 5.82 Å². The molecule has 0 unspecified atom stereocenters. The molecule has 0 heterocycles. The minimum Gasteiger partial charge on any atom is -0.493 e. The molecule has 0 radical (unpaired) electrons. The molecule has 0 aromatic heterocycles. The van der Waals surface area contributed by atoms with E-state index < -0.39 is 11.8 Å². The minimum absolute atomic E-state index is 0.418. The maximum absolute atomic E-state index is 13.1. The second-order valence-electron chi connectivity index (χ2n) is 3.75. The van der Waals surface area contributed by atoms with E-state index in [4.69, 9.17) is 9.84 Å². The lowest BCUT2D eigenvalue weighted by Crippen LogP contribution is -2.00. The molecule has 0 saturated heterocycles. The first-order valence-corrected chi connectivity index (χ1v) is 7.20. The Kier molecular flexibility index (Phi) is 7.03. The van der Waals surface area contributed by atoms with E-state index in [0.717, 1.165) is 24.0 Å². The van der Waals surface area contributed by atoms with Gasteiger partial charge in [-0.1, -0.05) is 6.92 Å². The fourth-order valence-corrected chi connectivity index (χ4v) is 2.04. The van der Waals surface area contributed by atoms with Crippen LogP contribution in [0.15, 0.2) is 24.3 Å². The number of ether oxygens (including phenoxy) is 1. The van der Waals surface area contributed by atoms with Crippen molar-refractivity contribution in [1.82, 2.24) is 0 Å². The Labute approximate surface area is 116 Å². The van der Waals surface area contributed by atoms with E-state index in [2.05, 4.69) is 6.92 Å². The molecule has 1 aromatic rings. The molecule has 1 rings (SSSR count). The largest absolute Gasteiger partial charge is 0.493 e. The Morgan fingerprint density at radius 2 is 2.32 bits per heavy atom. The fourth-order valence-electron chi connectivity index (χ4n) is 1.43. The Morgan fingerprint density at radius 1 is 1.53 bits per heavy atom. The van der Waals surface area contributed by atoms with E-state index in [9.17, 15) is 9.18 Å². The molecule has 1 N–H and O–H groups in total. The van der Waals surface area contributed by atoms with Crippen LogP contribution in [-0.2, 0) is 4.79 Å². The maximum Gasteiger partial charge on any atom is 0.328 e. The number of hydrogen-bond acceptors (Lipinski definition) is 3. The number of aliphatic carboxylic acids is 1. The first-order valence-electron chi connectivity index (χ1n) is 6.04. The SMILES string of the molecule is CCSCCCOc1ccc(F)cc1/C=C/C(=O)O. The predicted molar refractivity (Wildman–Crippen MR) is 76.2 cm³/mol. The number of carboxylic acid groups (broad SMARTS) is 1. The summed E-state index contributed by atoms with van der Waals surface area (Å²) in [6.07, 6.45) is 3.20. The van der Waals surface area contributed by atoms with E-state index >= 15 is 0 Å². The summed E-state index contributed by atoms with van der Waals surface area (Å²) in [6, 6.07) is 4.08. The molecule has 0 fully saturated rings. The molecular formula is C14H17FO3S. The number of carboxylic acids is 1. The van der Waals surface area contributed by atoms with Gasteiger partial charge in [0, 0.05) is 11.6 Å². The lowest BCUT2D eigenvalue weighted by atomic mass is 10.2. The van der Waals surface area contributed by atoms with E-state index in [1.54, 1.807) is 0 Å². The molecule has 19 heavy (non-hydrogen) atoms. The maximum atomic E-state index is 13.1. The highest BCUT2D eigenvalue weighted by Crippen LogP contribution is 2.21. The van der Waals surface area contributed by atoms with Crippen LogP contribution in [0.5, 0.6) is 5.75 Å². The average Bonchev–Trinajstić information content (AvgIpc) is 2.38. The molecule has 0 aliphatic carbocycles. The van der Waals surface area contributed by atoms with Gasteiger partial charge in [0.25, 0.3) is 0 Å². The van der Waals surface area contributed by atoms with E-state index in [-0.39, 0.29) is 0 Å². The van der Waals surface area contributed by atoms with Gasteiger partial charge in [-0.15, -0.1) is 0 Å². The van der Waals surface area contributed by atoms with Crippen molar-refractivity contribution in [2.45, 2.75) is 13.3 Å².